The van der Waals surface area contributed by atoms with Crippen LogP contribution in [0.25, 0.3) is 21.5 Å². The molecule has 1 saturated heterocycles. The van der Waals surface area contributed by atoms with Crippen LogP contribution >= 0.6 is 11.3 Å². The molecule has 1 fully saturated rings. The largest absolute Gasteiger partial charge is 0.347 e. The molecule has 0 amide bonds. The number of fused-ring (bicyclic) bond motifs is 1. The highest BCUT2D eigenvalue weighted by Gasteiger charge is 2.43. The first kappa shape index (κ1) is 14.8. The van der Waals surface area contributed by atoms with Crippen LogP contribution in [0.15, 0.2) is 42.0 Å². The summed E-state index contributed by atoms with van der Waals surface area (Å²) >= 11 is 1.69. The van der Waals surface area contributed by atoms with Gasteiger partial charge >= 0.3 is 0 Å². The monoisotopic (exact) mass is 326 g/mol. The van der Waals surface area contributed by atoms with E-state index in [0.717, 1.165) is 27.0 Å². The number of pyridine rings is 2. The van der Waals surface area contributed by atoms with Gasteiger partial charge in [-0.15, -0.1) is 11.3 Å². The second-order valence-electron chi connectivity index (χ2n) is 6.44. The van der Waals surface area contributed by atoms with Crippen molar-refractivity contribution >= 4 is 21.6 Å². The Balaban J connectivity index is 1.79. The molecule has 0 aliphatic carbocycles. The van der Waals surface area contributed by atoms with Gasteiger partial charge in [-0.25, -0.2) is 0 Å². The maximum atomic E-state index is 6.13. The third-order valence-electron chi connectivity index (χ3n) is 4.16. The lowest BCUT2D eigenvalue weighted by Crippen LogP contribution is -2.28. The first-order valence-corrected chi connectivity index (χ1v) is 8.48. The van der Waals surface area contributed by atoms with Crippen LogP contribution in [0.4, 0.5) is 0 Å². The molecule has 4 rings (SSSR count). The Hall–Kier alpha value is -1.82. The van der Waals surface area contributed by atoms with Gasteiger partial charge in [0.25, 0.3) is 0 Å². The molecular formula is C18H18N2O2S. The molecule has 3 aromatic rings. The van der Waals surface area contributed by atoms with Gasteiger partial charge in [-0.2, -0.15) is 0 Å². The minimum atomic E-state index is -0.560. The van der Waals surface area contributed by atoms with E-state index in [1.165, 1.54) is 0 Å². The molecule has 5 heteroatoms. The molecule has 118 valence electrons. The van der Waals surface area contributed by atoms with Crippen molar-refractivity contribution in [2.24, 2.45) is 0 Å². The number of hydrogen-bond acceptors (Lipinski definition) is 5. The number of rotatable bonds is 2. The van der Waals surface area contributed by atoms with Gasteiger partial charge in [0.2, 0.25) is 0 Å². The quantitative estimate of drug-likeness (QED) is 0.702. The first-order chi connectivity index (χ1) is 11.0. The molecule has 1 aliphatic heterocycles. The van der Waals surface area contributed by atoms with Crippen LogP contribution in [0.5, 0.6) is 0 Å². The van der Waals surface area contributed by atoms with E-state index in [4.69, 9.17) is 9.47 Å². The van der Waals surface area contributed by atoms with Gasteiger partial charge in [0.1, 0.15) is 5.60 Å². The lowest BCUT2D eigenvalue weighted by molar-refractivity contribution is -0.159. The number of hydrogen-bond donors (Lipinski definition) is 0. The van der Waals surface area contributed by atoms with Crippen LogP contribution in [0.1, 0.15) is 26.3 Å². The van der Waals surface area contributed by atoms with Gasteiger partial charge in [0.05, 0.1) is 22.5 Å². The van der Waals surface area contributed by atoms with Gasteiger partial charge in [-0.3, -0.25) is 9.97 Å². The number of nitrogens with zero attached hydrogens (tertiary/aromatic N) is 2. The zero-order chi connectivity index (χ0) is 16.1. The van der Waals surface area contributed by atoms with E-state index in [9.17, 15) is 0 Å². The molecule has 0 bridgehead atoms. The molecular weight excluding hydrogens is 308 g/mol. The van der Waals surface area contributed by atoms with Crippen molar-refractivity contribution < 1.29 is 9.47 Å². The van der Waals surface area contributed by atoms with Crippen molar-refractivity contribution in [3.05, 3.63) is 47.6 Å². The molecule has 4 nitrogen and oxygen atoms in total. The second kappa shape index (κ2) is 5.09. The molecule has 0 spiro atoms. The molecule has 0 aromatic carbocycles. The molecule has 0 saturated carbocycles. The Kier molecular flexibility index (Phi) is 3.27. The highest BCUT2D eigenvalue weighted by Crippen LogP contribution is 2.39. The summed E-state index contributed by atoms with van der Waals surface area (Å²) in [5, 5.41) is 2.06. The standard InChI is InChI=1S/C18H18N2O2S/c1-17(2)21-11-18(3,22-17)12-4-7-20-15(10-12)13-5-8-19-14-6-9-23-16(13)14/h4-10H,11H2,1-3H3. The van der Waals surface area contributed by atoms with E-state index in [0.29, 0.717) is 6.61 Å². The summed E-state index contributed by atoms with van der Waals surface area (Å²) in [6.45, 7) is 6.49. The SMILES string of the molecule is CC1(C)OCC(C)(c2ccnc(-c3ccnc4ccsc34)c2)O1. The summed E-state index contributed by atoms with van der Waals surface area (Å²) in [7, 11) is 0. The molecule has 0 N–H and O–H groups in total. The topological polar surface area (TPSA) is 44.2 Å². The van der Waals surface area contributed by atoms with Crippen molar-refractivity contribution in [1.29, 1.82) is 0 Å². The molecule has 23 heavy (non-hydrogen) atoms. The first-order valence-electron chi connectivity index (χ1n) is 7.60. The van der Waals surface area contributed by atoms with Crippen LogP contribution < -0.4 is 0 Å². The molecule has 1 atom stereocenters. The molecule has 4 heterocycles. The van der Waals surface area contributed by atoms with Crippen molar-refractivity contribution in [2.75, 3.05) is 6.61 Å². The molecule has 3 aromatic heterocycles. The van der Waals surface area contributed by atoms with Crippen molar-refractivity contribution in [3.8, 4) is 11.3 Å². The fourth-order valence-electron chi connectivity index (χ4n) is 3.04. The number of ether oxygens (including phenoxy) is 2. The summed E-state index contributed by atoms with van der Waals surface area (Å²) in [5.74, 6) is -0.560. The Labute approximate surface area is 139 Å². The van der Waals surface area contributed by atoms with E-state index in [2.05, 4.69) is 28.3 Å². The van der Waals surface area contributed by atoms with Crippen LogP contribution in [0.3, 0.4) is 0 Å². The van der Waals surface area contributed by atoms with Gasteiger partial charge in [0.15, 0.2) is 5.79 Å². The van der Waals surface area contributed by atoms with Crippen LogP contribution in [0, 0.1) is 0 Å². The highest BCUT2D eigenvalue weighted by molar-refractivity contribution is 7.17. The number of thiophene rings is 1. The Bertz CT molecular complexity index is 874. The smallest absolute Gasteiger partial charge is 0.164 e. The van der Waals surface area contributed by atoms with Crippen LogP contribution in [-0.2, 0) is 15.1 Å². The normalized spacial score (nSPS) is 23.4. The minimum absolute atomic E-state index is 0.456. The average molecular weight is 326 g/mol. The van der Waals surface area contributed by atoms with Crippen LogP contribution in [0.2, 0.25) is 0 Å². The van der Waals surface area contributed by atoms with Crippen molar-refractivity contribution in [2.45, 2.75) is 32.2 Å². The van der Waals surface area contributed by atoms with Crippen molar-refractivity contribution in [1.82, 2.24) is 9.97 Å². The average Bonchev–Trinajstić information content (AvgIpc) is 3.12. The fraction of sp³-hybridized carbons (Fsp3) is 0.333. The van der Waals surface area contributed by atoms with Crippen LogP contribution in [-0.4, -0.2) is 22.4 Å². The zero-order valence-corrected chi connectivity index (χ0v) is 14.2. The summed E-state index contributed by atoms with van der Waals surface area (Å²) in [5.41, 5.74) is 3.67. The summed E-state index contributed by atoms with van der Waals surface area (Å²) < 4.78 is 13.0. The van der Waals surface area contributed by atoms with Gasteiger partial charge in [-0.05, 0) is 56.0 Å². The zero-order valence-electron chi connectivity index (χ0n) is 13.4. The lowest BCUT2D eigenvalue weighted by Gasteiger charge is -2.25. The fourth-order valence-corrected chi connectivity index (χ4v) is 3.91. The maximum Gasteiger partial charge on any atom is 0.164 e. The third-order valence-corrected chi connectivity index (χ3v) is 5.09. The van der Waals surface area contributed by atoms with E-state index >= 15 is 0 Å². The van der Waals surface area contributed by atoms with E-state index in [1.807, 2.05) is 44.4 Å². The molecule has 0 radical (unpaired) electrons. The lowest BCUT2D eigenvalue weighted by atomic mass is 9.96. The van der Waals surface area contributed by atoms with Gasteiger partial charge in [-0.1, -0.05) is 0 Å². The molecule has 1 aliphatic rings. The van der Waals surface area contributed by atoms with E-state index < -0.39 is 11.4 Å². The Morgan fingerprint density at radius 2 is 1.91 bits per heavy atom. The van der Waals surface area contributed by atoms with Gasteiger partial charge < -0.3 is 9.47 Å². The van der Waals surface area contributed by atoms with Gasteiger partial charge in [0, 0.05) is 18.0 Å². The Morgan fingerprint density at radius 3 is 2.70 bits per heavy atom. The summed E-state index contributed by atoms with van der Waals surface area (Å²) in [6.07, 6.45) is 3.67. The second-order valence-corrected chi connectivity index (χ2v) is 7.36. The predicted octanol–water partition coefficient (Wildman–Crippen LogP) is 4.36. The van der Waals surface area contributed by atoms with E-state index in [-0.39, 0.29) is 0 Å². The predicted molar refractivity (Wildman–Crippen MR) is 91.3 cm³/mol. The number of aromatic nitrogens is 2. The molecule has 1 unspecified atom stereocenters. The minimum Gasteiger partial charge on any atom is -0.347 e. The van der Waals surface area contributed by atoms with Crippen molar-refractivity contribution in [3.63, 3.8) is 0 Å². The summed E-state index contributed by atoms with van der Waals surface area (Å²) in [6, 6.07) is 8.15. The third kappa shape index (κ3) is 2.55. The summed E-state index contributed by atoms with van der Waals surface area (Å²) in [4.78, 5) is 8.96. The van der Waals surface area contributed by atoms with E-state index in [1.54, 1.807) is 11.3 Å². The maximum absolute atomic E-state index is 6.13. The highest BCUT2D eigenvalue weighted by atomic mass is 32.1. The Morgan fingerprint density at radius 1 is 1.09 bits per heavy atom.